The highest BCUT2D eigenvalue weighted by atomic mass is 35.5. The Morgan fingerprint density at radius 2 is 2.05 bits per heavy atom. The van der Waals surface area contributed by atoms with Crippen LogP contribution in [0.4, 0.5) is 0 Å². The smallest absolute Gasteiger partial charge is 0.237 e. The van der Waals surface area contributed by atoms with Crippen molar-refractivity contribution in [2.45, 2.75) is 19.4 Å². The number of nitrogens with one attached hydrogen (secondary N) is 1. The second-order valence-corrected chi connectivity index (χ2v) is 5.64. The number of rotatable bonds is 3. The number of carbonyl (C=O) groups excluding carboxylic acids is 1. The molecule has 6 heteroatoms. The van der Waals surface area contributed by atoms with E-state index in [9.17, 15) is 4.79 Å². The average Bonchev–Trinajstić information content (AvgIpc) is 2.42. The van der Waals surface area contributed by atoms with E-state index in [0.717, 1.165) is 38.0 Å². The van der Waals surface area contributed by atoms with Crippen LogP contribution >= 0.6 is 23.2 Å². The van der Waals surface area contributed by atoms with Crippen LogP contribution in [0.1, 0.15) is 18.4 Å². The van der Waals surface area contributed by atoms with Gasteiger partial charge in [-0.2, -0.15) is 0 Å². The van der Waals surface area contributed by atoms with Gasteiger partial charge < -0.3 is 0 Å². The lowest BCUT2D eigenvalue weighted by Gasteiger charge is -2.31. The van der Waals surface area contributed by atoms with E-state index < -0.39 is 0 Å². The highest BCUT2D eigenvalue weighted by molar-refractivity contribution is 6.35. The van der Waals surface area contributed by atoms with E-state index in [2.05, 4.69) is 10.3 Å². The average molecular weight is 302 g/mol. The van der Waals surface area contributed by atoms with Gasteiger partial charge in [0.15, 0.2) is 0 Å². The van der Waals surface area contributed by atoms with Crippen molar-refractivity contribution >= 4 is 29.1 Å². The first kappa shape index (κ1) is 14.6. The van der Waals surface area contributed by atoms with E-state index in [1.165, 1.54) is 0 Å². The molecular weight excluding hydrogens is 285 g/mol. The predicted molar refractivity (Wildman–Crippen MR) is 76.8 cm³/mol. The first-order valence-corrected chi connectivity index (χ1v) is 7.02. The number of amides is 1. The fraction of sp³-hybridized carbons (Fsp3) is 0.462. The fourth-order valence-electron chi connectivity index (χ4n) is 2.36. The predicted octanol–water partition coefficient (Wildman–Crippen LogP) is 2.20. The molecule has 1 fully saturated rings. The summed E-state index contributed by atoms with van der Waals surface area (Å²) in [7, 11) is 0. The summed E-state index contributed by atoms with van der Waals surface area (Å²) in [5.41, 5.74) is 3.28. The molecule has 19 heavy (non-hydrogen) atoms. The van der Waals surface area contributed by atoms with E-state index in [-0.39, 0.29) is 11.8 Å². The Morgan fingerprint density at radius 3 is 2.63 bits per heavy atom. The Balaban J connectivity index is 1.90. The summed E-state index contributed by atoms with van der Waals surface area (Å²) < 4.78 is 0. The SMILES string of the molecule is NNC(=O)C1CCN(Cc2ccc(Cl)cc2Cl)CC1. The third-order valence-electron chi connectivity index (χ3n) is 3.51. The number of hydrazine groups is 1. The highest BCUT2D eigenvalue weighted by Crippen LogP contribution is 2.24. The lowest BCUT2D eigenvalue weighted by atomic mass is 9.96. The molecule has 1 amide bonds. The fourth-order valence-corrected chi connectivity index (χ4v) is 2.83. The summed E-state index contributed by atoms with van der Waals surface area (Å²) in [5.74, 6) is 5.12. The number of carbonyl (C=O) groups is 1. The summed E-state index contributed by atoms with van der Waals surface area (Å²) in [6, 6.07) is 5.55. The highest BCUT2D eigenvalue weighted by Gasteiger charge is 2.24. The summed E-state index contributed by atoms with van der Waals surface area (Å²) in [6.07, 6.45) is 1.66. The minimum Gasteiger partial charge on any atom is -0.299 e. The van der Waals surface area contributed by atoms with Gasteiger partial charge in [-0.1, -0.05) is 29.3 Å². The summed E-state index contributed by atoms with van der Waals surface area (Å²) in [5, 5.41) is 1.33. The maximum Gasteiger partial charge on any atom is 0.237 e. The van der Waals surface area contributed by atoms with Crippen LogP contribution in [0.25, 0.3) is 0 Å². The first-order chi connectivity index (χ1) is 9.10. The zero-order valence-corrected chi connectivity index (χ0v) is 12.0. The van der Waals surface area contributed by atoms with Crippen molar-refractivity contribution in [1.29, 1.82) is 0 Å². The Labute approximate surface area is 122 Å². The molecule has 1 aromatic rings. The van der Waals surface area contributed by atoms with Crippen molar-refractivity contribution in [2.75, 3.05) is 13.1 Å². The van der Waals surface area contributed by atoms with Crippen molar-refractivity contribution < 1.29 is 4.79 Å². The number of halogens is 2. The van der Waals surface area contributed by atoms with Gasteiger partial charge in [0.05, 0.1) is 0 Å². The maximum absolute atomic E-state index is 11.4. The van der Waals surface area contributed by atoms with Gasteiger partial charge in [-0.15, -0.1) is 0 Å². The zero-order valence-electron chi connectivity index (χ0n) is 10.5. The Hall–Kier alpha value is -0.810. The van der Waals surface area contributed by atoms with E-state index in [0.29, 0.717) is 10.0 Å². The topological polar surface area (TPSA) is 58.4 Å². The molecule has 1 aliphatic heterocycles. The van der Waals surface area contributed by atoms with Crippen LogP contribution in [0.5, 0.6) is 0 Å². The van der Waals surface area contributed by atoms with E-state index in [1.807, 2.05) is 12.1 Å². The molecular formula is C13H17Cl2N3O. The van der Waals surface area contributed by atoms with Crippen LogP contribution in [-0.2, 0) is 11.3 Å². The molecule has 1 heterocycles. The lowest BCUT2D eigenvalue weighted by molar-refractivity contribution is -0.126. The molecule has 0 bridgehead atoms. The molecule has 3 N–H and O–H groups in total. The van der Waals surface area contributed by atoms with Crippen LogP contribution in [0.2, 0.25) is 10.0 Å². The number of piperidine rings is 1. The molecule has 0 saturated carbocycles. The molecule has 1 aromatic carbocycles. The quantitative estimate of drug-likeness (QED) is 0.511. The number of nitrogens with zero attached hydrogens (tertiary/aromatic N) is 1. The van der Waals surface area contributed by atoms with Crippen molar-refractivity contribution in [3.05, 3.63) is 33.8 Å². The Bertz CT molecular complexity index is 459. The monoisotopic (exact) mass is 301 g/mol. The molecule has 2 rings (SSSR count). The molecule has 0 radical (unpaired) electrons. The molecule has 104 valence electrons. The van der Waals surface area contributed by atoms with E-state index >= 15 is 0 Å². The third kappa shape index (κ3) is 3.83. The van der Waals surface area contributed by atoms with E-state index in [1.54, 1.807) is 6.07 Å². The Kier molecular flexibility index (Phi) is 5.05. The van der Waals surface area contributed by atoms with Crippen molar-refractivity contribution in [3.8, 4) is 0 Å². The molecule has 4 nitrogen and oxygen atoms in total. The molecule has 0 atom stereocenters. The standard InChI is InChI=1S/C13H17Cl2N3O/c14-11-2-1-10(12(15)7-11)8-18-5-3-9(4-6-18)13(19)17-16/h1-2,7,9H,3-6,8,16H2,(H,17,19). The van der Waals surface area contributed by atoms with Crippen LogP contribution < -0.4 is 11.3 Å². The minimum absolute atomic E-state index is 0.0296. The third-order valence-corrected chi connectivity index (χ3v) is 4.10. The van der Waals surface area contributed by atoms with Gasteiger partial charge >= 0.3 is 0 Å². The van der Waals surface area contributed by atoms with Crippen molar-refractivity contribution in [1.82, 2.24) is 10.3 Å². The first-order valence-electron chi connectivity index (χ1n) is 6.27. The number of hydrogen-bond donors (Lipinski definition) is 2. The van der Waals surface area contributed by atoms with Gasteiger partial charge in [-0.05, 0) is 43.6 Å². The van der Waals surface area contributed by atoms with Gasteiger partial charge in [0.1, 0.15) is 0 Å². The second-order valence-electron chi connectivity index (χ2n) is 4.79. The zero-order chi connectivity index (χ0) is 13.8. The summed E-state index contributed by atoms with van der Waals surface area (Å²) in [6.45, 7) is 2.53. The Morgan fingerprint density at radius 1 is 1.37 bits per heavy atom. The number of benzene rings is 1. The van der Waals surface area contributed by atoms with Gasteiger partial charge in [-0.25, -0.2) is 5.84 Å². The van der Waals surface area contributed by atoms with E-state index in [4.69, 9.17) is 29.0 Å². The molecule has 1 saturated heterocycles. The van der Waals surface area contributed by atoms with Crippen molar-refractivity contribution in [3.63, 3.8) is 0 Å². The van der Waals surface area contributed by atoms with Gasteiger partial charge in [0.2, 0.25) is 5.91 Å². The van der Waals surface area contributed by atoms with Crippen LogP contribution in [0.3, 0.4) is 0 Å². The minimum atomic E-state index is -0.0656. The van der Waals surface area contributed by atoms with Gasteiger partial charge in [-0.3, -0.25) is 15.1 Å². The number of nitrogens with two attached hydrogens (primary N) is 1. The lowest BCUT2D eigenvalue weighted by Crippen LogP contribution is -2.42. The number of likely N-dealkylation sites (tertiary alicyclic amines) is 1. The summed E-state index contributed by atoms with van der Waals surface area (Å²) >= 11 is 12.0. The van der Waals surface area contributed by atoms with Gasteiger partial charge in [0.25, 0.3) is 0 Å². The maximum atomic E-state index is 11.4. The normalized spacial score (nSPS) is 17.4. The summed E-state index contributed by atoms with van der Waals surface area (Å²) in [4.78, 5) is 13.7. The molecule has 0 spiro atoms. The van der Waals surface area contributed by atoms with Gasteiger partial charge in [0, 0.05) is 22.5 Å². The number of hydrogen-bond acceptors (Lipinski definition) is 3. The molecule has 0 aromatic heterocycles. The van der Waals surface area contributed by atoms with Crippen LogP contribution in [-0.4, -0.2) is 23.9 Å². The molecule has 1 aliphatic rings. The largest absolute Gasteiger partial charge is 0.299 e. The molecule has 0 aliphatic carbocycles. The van der Waals surface area contributed by atoms with Crippen LogP contribution in [0.15, 0.2) is 18.2 Å². The van der Waals surface area contributed by atoms with Crippen molar-refractivity contribution in [2.24, 2.45) is 11.8 Å². The van der Waals surface area contributed by atoms with Crippen LogP contribution in [0, 0.1) is 5.92 Å². The second kappa shape index (κ2) is 6.57. The molecule has 0 unspecified atom stereocenters.